The van der Waals surface area contributed by atoms with Crippen molar-refractivity contribution in [1.29, 1.82) is 0 Å². The summed E-state index contributed by atoms with van der Waals surface area (Å²) in [7, 11) is 0. The third kappa shape index (κ3) is 5.29. The number of carboxylic acids is 1. The molecule has 1 heterocycles. The van der Waals surface area contributed by atoms with Gasteiger partial charge in [0.2, 0.25) is 5.91 Å². The monoisotopic (exact) mass is 411 g/mol. The summed E-state index contributed by atoms with van der Waals surface area (Å²) < 4.78 is 0. The van der Waals surface area contributed by atoms with Gasteiger partial charge < -0.3 is 15.4 Å². The second kappa shape index (κ2) is 9.45. The number of para-hydroxylation sites is 1. The molecule has 0 saturated carbocycles. The zero-order chi connectivity index (χ0) is 21.8. The normalized spacial score (nSPS) is 21.6. The van der Waals surface area contributed by atoms with Gasteiger partial charge in [-0.05, 0) is 55.6 Å². The van der Waals surface area contributed by atoms with Gasteiger partial charge >= 0.3 is 5.97 Å². The van der Waals surface area contributed by atoms with Gasteiger partial charge in [-0.25, -0.2) is 4.98 Å². The molecule has 0 aliphatic heterocycles. The number of aliphatic carboxylic acids is 1. The molecule has 1 aromatic heterocycles. The molecule has 0 bridgehead atoms. The first kappa shape index (κ1) is 22.1. The number of allylic oxidation sites excluding steroid dienone is 1. The summed E-state index contributed by atoms with van der Waals surface area (Å²) in [6.07, 6.45) is 4.16. The number of carbonyl (C=O) groups is 2. The van der Waals surface area contributed by atoms with E-state index in [9.17, 15) is 9.59 Å². The van der Waals surface area contributed by atoms with Crippen LogP contribution in [0.15, 0.2) is 29.8 Å². The molecule has 1 amide bonds. The topological polar surface area (TPSA) is 95.1 Å². The number of carbonyl (C=O) groups excluding carboxylic acids is 1. The van der Waals surface area contributed by atoms with Gasteiger partial charge in [0.15, 0.2) is 0 Å². The van der Waals surface area contributed by atoms with Crippen LogP contribution in [-0.2, 0) is 16.0 Å². The van der Waals surface area contributed by atoms with Crippen molar-refractivity contribution >= 4 is 22.9 Å². The van der Waals surface area contributed by atoms with Crippen molar-refractivity contribution in [3.8, 4) is 0 Å². The molecule has 0 unspecified atom stereocenters. The maximum absolute atomic E-state index is 12.0. The van der Waals surface area contributed by atoms with Crippen LogP contribution in [0.5, 0.6) is 0 Å². The predicted octanol–water partition coefficient (Wildman–Crippen LogP) is 4.25. The highest BCUT2D eigenvalue weighted by Crippen LogP contribution is 2.38. The molecule has 0 fully saturated rings. The van der Waals surface area contributed by atoms with Crippen LogP contribution in [0, 0.1) is 30.6 Å². The highest BCUT2D eigenvalue weighted by atomic mass is 16.4. The van der Waals surface area contributed by atoms with Crippen molar-refractivity contribution in [3.05, 3.63) is 41.2 Å². The van der Waals surface area contributed by atoms with E-state index in [1.54, 1.807) is 0 Å². The first-order valence-corrected chi connectivity index (χ1v) is 10.9. The summed E-state index contributed by atoms with van der Waals surface area (Å²) in [5, 5.41) is 11.7. The summed E-state index contributed by atoms with van der Waals surface area (Å²) in [4.78, 5) is 30.9. The molecule has 1 aliphatic rings. The fourth-order valence-corrected chi connectivity index (χ4v) is 4.60. The molecule has 1 aliphatic carbocycles. The smallest absolute Gasteiger partial charge is 0.303 e. The van der Waals surface area contributed by atoms with Crippen LogP contribution in [0.3, 0.4) is 0 Å². The number of imidazole rings is 1. The van der Waals surface area contributed by atoms with Gasteiger partial charge in [0, 0.05) is 19.4 Å². The molecule has 6 nitrogen and oxygen atoms in total. The SMILES string of the molecule is CC1=C[C@@H](CNC(=O)CCC(=O)O)[C@H](C(C)C)C[C@H]1Cc1nc2c(C)cccc2[nH]1. The molecule has 0 spiro atoms. The number of fused-ring (bicyclic) bond motifs is 1. The number of rotatable bonds is 8. The van der Waals surface area contributed by atoms with Gasteiger partial charge in [-0.3, -0.25) is 9.59 Å². The Hall–Kier alpha value is -2.63. The predicted molar refractivity (Wildman–Crippen MR) is 118 cm³/mol. The molecular formula is C24H33N3O3. The Bertz CT molecular complexity index is 944. The van der Waals surface area contributed by atoms with E-state index in [1.807, 2.05) is 0 Å². The fraction of sp³-hybridized carbons (Fsp3) is 0.542. The summed E-state index contributed by atoms with van der Waals surface area (Å²) >= 11 is 0. The zero-order valence-electron chi connectivity index (χ0n) is 18.4. The van der Waals surface area contributed by atoms with Crippen LogP contribution in [0.25, 0.3) is 11.0 Å². The number of amides is 1. The molecule has 3 rings (SSSR count). The van der Waals surface area contributed by atoms with Gasteiger partial charge in [0.25, 0.3) is 0 Å². The quantitative estimate of drug-likeness (QED) is 0.566. The highest BCUT2D eigenvalue weighted by Gasteiger charge is 2.32. The second-order valence-corrected chi connectivity index (χ2v) is 8.97. The Morgan fingerprint density at radius 2 is 2.03 bits per heavy atom. The number of carboxylic acid groups (broad SMARTS) is 1. The van der Waals surface area contributed by atoms with Crippen LogP contribution in [-0.4, -0.2) is 33.5 Å². The lowest BCUT2D eigenvalue weighted by Crippen LogP contribution is -2.37. The third-order valence-electron chi connectivity index (χ3n) is 6.39. The van der Waals surface area contributed by atoms with E-state index in [0.29, 0.717) is 24.3 Å². The lowest BCUT2D eigenvalue weighted by Gasteiger charge is -2.37. The van der Waals surface area contributed by atoms with E-state index < -0.39 is 5.97 Å². The van der Waals surface area contributed by atoms with Crippen LogP contribution in [0.4, 0.5) is 0 Å². The van der Waals surface area contributed by atoms with E-state index in [-0.39, 0.29) is 24.7 Å². The van der Waals surface area contributed by atoms with Gasteiger partial charge in [0.1, 0.15) is 5.82 Å². The number of benzene rings is 1. The van der Waals surface area contributed by atoms with Crippen molar-refractivity contribution in [1.82, 2.24) is 15.3 Å². The minimum Gasteiger partial charge on any atom is -0.481 e. The molecule has 3 N–H and O–H groups in total. The van der Waals surface area contributed by atoms with E-state index >= 15 is 0 Å². The second-order valence-electron chi connectivity index (χ2n) is 8.97. The van der Waals surface area contributed by atoms with Crippen LogP contribution >= 0.6 is 0 Å². The van der Waals surface area contributed by atoms with Crippen LogP contribution in [0.2, 0.25) is 0 Å². The van der Waals surface area contributed by atoms with E-state index in [0.717, 1.165) is 29.7 Å². The molecule has 0 radical (unpaired) electrons. The Morgan fingerprint density at radius 1 is 1.27 bits per heavy atom. The highest BCUT2D eigenvalue weighted by molar-refractivity contribution is 5.80. The number of nitrogens with one attached hydrogen (secondary N) is 2. The molecule has 1 aromatic carbocycles. The minimum atomic E-state index is -0.942. The molecule has 30 heavy (non-hydrogen) atoms. The summed E-state index contributed by atoms with van der Waals surface area (Å²) in [6, 6.07) is 6.21. The number of H-pyrrole nitrogens is 1. The van der Waals surface area contributed by atoms with Gasteiger partial charge in [-0.1, -0.05) is 37.6 Å². The van der Waals surface area contributed by atoms with Crippen molar-refractivity contribution in [3.63, 3.8) is 0 Å². The van der Waals surface area contributed by atoms with Gasteiger partial charge in [-0.15, -0.1) is 0 Å². The van der Waals surface area contributed by atoms with Crippen molar-refractivity contribution < 1.29 is 14.7 Å². The number of aryl methyl sites for hydroxylation is 1. The molecule has 6 heteroatoms. The molecule has 3 atom stereocenters. The number of aromatic amines is 1. The molecule has 2 aromatic rings. The van der Waals surface area contributed by atoms with Gasteiger partial charge in [-0.2, -0.15) is 0 Å². The Balaban J connectivity index is 1.69. The fourth-order valence-electron chi connectivity index (χ4n) is 4.60. The molecule has 162 valence electrons. The van der Waals surface area contributed by atoms with E-state index in [1.165, 1.54) is 11.1 Å². The molecular weight excluding hydrogens is 378 g/mol. The Kier molecular flexibility index (Phi) is 6.95. The first-order chi connectivity index (χ1) is 14.2. The Morgan fingerprint density at radius 3 is 2.70 bits per heavy atom. The number of aromatic nitrogens is 2. The number of nitrogens with zero attached hydrogens (tertiary/aromatic N) is 1. The van der Waals surface area contributed by atoms with Crippen molar-refractivity contribution in [2.24, 2.45) is 23.7 Å². The van der Waals surface area contributed by atoms with E-state index in [2.05, 4.69) is 62.3 Å². The zero-order valence-corrected chi connectivity index (χ0v) is 18.4. The lowest BCUT2D eigenvalue weighted by molar-refractivity contribution is -0.138. The van der Waals surface area contributed by atoms with E-state index in [4.69, 9.17) is 10.1 Å². The summed E-state index contributed by atoms with van der Waals surface area (Å²) in [5.41, 5.74) is 4.66. The summed E-state index contributed by atoms with van der Waals surface area (Å²) in [5.74, 6) is 1.55. The standard InChI is InChI=1S/C24H33N3O3/c1-14(2)19-11-17(12-21-26-20-7-5-6-15(3)24(20)27-21)16(4)10-18(19)13-25-22(28)8-9-23(29)30/h5-7,10,14,17-19H,8-9,11-13H2,1-4H3,(H,25,28)(H,26,27)(H,29,30)/t17-,18-,19-/m0/s1. The third-order valence-corrected chi connectivity index (χ3v) is 6.39. The number of hydrogen-bond acceptors (Lipinski definition) is 3. The maximum Gasteiger partial charge on any atom is 0.303 e. The van der Waals surface area contributed by atoms with Crippen molar-refractivity contribution in [2.45, 2.75) is 53.4 Å². The first-order valence-electron chi connectivity index (χ1n) is 10.9. The average Bonchev–Trinajstić information content (AvgIpc) is 3.10. The summed E-state index contributed by atoms with van der Waals surface area (Å²) in [6.45, 7) is 9.30. The minimum absolute atomic E-state index is 0.0329. The van der Waals surface area contributed by atoms with Crippen molar-refractivity contribution in [2.75, 3.05) is 6.54 Å². The molecule has 0 saturated heterocycles. The Labute approximate surface area is 178 Å². The van der Waals surface area contributed by atoms with Crippen LogP contribution in [0.1, 0.15) is 51.4 Å². The lowest BCUT2D eigenvalue weighted by atomic mass is 9.69. The van der Waals surface area contributed by atoms with Crippen LogP contribution < -0.4 is 5.32 Å². The van der Waals surface area contributed by atoms with Gasteiger partial charge in [0.05, 0.1) is 17.5 Å². The largest absolute Gasteiger partial charge is 0.481 e. The average molecular weight is 412 g/mol. The number of hydrogen-bond donors (Lipinski definition) is 3. The maximum atomic E-state index is 12.0.